The summed E-state index contributed by atoms with van der Waals surface area (Å²) in [6.45, 7) is 7.40. The molecule has 0 radical (unpaired) electrons. The van der Waals surface area contributed by atoms with E-state index in [4.69, 9.17) is 10.5 Å². The third-order valence-corrected chi connectivity index (χ3v) is 3.20. The van der Waals surface area contributed by atoms with Crippen molar-refractivity contribution in [1.82, 2.24) is 4.90 Å². The van der Waals surface area contributed by atoms with E-state index in [1.54, 1.807) is 6.92 Å². The van der Waals surface area contributed by atoms with Gasteiger partial charge in [-0.05, 0) is 32.2 Å². The maximum Gasteiger partial charge on any atom is 0.333 e. The van der Waals surface area contributed by atoms with Gasteiger partial charge in [-0.2, -0.15) is 0 Å². The number of esters is 1. The molecule has 1 saturated heterocycles. The maximum atomic E-state index is 11.8. The van der Waals surface area contributed by atoms with Crippen LogP contribution in [-0.2, 0) is 14.3 Å². The van der Waals surface area contributed by atoms with Gasteiger partial charge < -0.3 is 15.4 Å². The first-order chi connectivity index (χ1) is 8.54. The maximum absolute atomic E-state index is 11.8. The quantitative estimate of drug-likeness (QED) is 0.579. The first-order valence-electron chi connectivity index (χ1n) is 6.35. The van der Waals surface area contributed by atoms with E-state index in [2.05, 4.69) is 6.58 Å². The van der Waals surface area contributed by atoms with Gasteiger partial charge in [0, 0.05) is 18.7 Å². The first kappa shape index (κ1) is 14.7. The molecule has 1 aliphatic rings. The molecule has 1 aliphatic heterocycles. The molecule has 102 valence electrons. The number of hydrogen-bond donors (Lipinski definition) is 1. The number of likely N-dealkylation sites (tertiary alicyclic amines) is 1. The summed E-state index contributed by atoms with van der Waals surface area (Å²) in [4.78, 5) is 24.8. The SMILES string of the molecule is C=C(C)C(=O)OCCC(=O)N1CCC(CN)CC1. The summed E-state index contributed by atoms with van der Waals surface area (Å²) in [6.07, 6.45) is 2.17. The summed E-state index contributed by atoms with van der Waals surface area (Å²) in [5.41, 5.74) is 5.95. The van der Waals surface area contributed by atoms with Gasteiger partial charge in [0.25, 0.3) is 0 Å². The van der Waals surface area contributed by atoms with Crippen LogP contribution in [0.2, 0.25) is 0 Å². The zero-order chi connectivity index (χ0) is 13.5. The van der Waals surface area contributed by atoms with Crippen LogP contribution in [0, 0.1) is 5.92 Å². The van der Waals surface area contributed by atoms with Gasteiger partial charge in [0.1, 0.15) is 6.61 Å². The number of amides is 1. The van der Waals surface area contributed by atoms with E-state index >= 15 is 0 Å². The highest BCUT2D eigenvalue weighted by Gasteiger charge is 2.21. The molecule has 5 nitrogen and oxygen atoms in total. The van der Waals surface area contributed by atoms with Crippen LogP contribution in [-0.4, -0.2) is 43.0 Å². The van der Waals surface area contributed by atoms with E-state index in [0.717, 1.165) is 25.9 Å². The molecule has 1 amide bonds. The van der Waals surface area contributed by atoms with Gasteiger partial charge in [-0.25, -0.2) is 4.79 Å². The molecule has 0 saturated carbocycles. The van der Waals surface area contributed by atoms with Crippen molar-refractivity contribution in [2.45, 2.75) is 26.2 Å². The second-order valence-electron chi connectivity index (χ2n) is 4.73. The van der Waals surface area contributed by atoms with E-state index in [9.17, 15) is 9.59 Å². The second-order valence-corrected chi connectivity index (χ2v) is 4.73. The van der Waals surface area contributed by atoms with E-state index < -0.39 is 5.97 Å². The van der Waals surface area contributed by atoms with Crippen LogP contribution < -0.4 is 5.73 Å². The highest BCUT2D eigenvalue weighted by molar-refractivity contribution is 5.87. The molecule has 0 aromatic carbocycles. The Morgan fingerprint density at radius 2 is 2.00 bits per heavy atom. The van der Waals surface area contributed by atoms with Crippen LogP contribution in [0.5, 0.6) is 0 Å². The largest absolute Gasteiger partial charge is 0.462 e. The van der Waals surface area contributed by atoms with Gasteiger partial charge >= 0.3 is 5.97 Å². The van der Waals surface area contributed by atoms with Crippen LogP contribution in [0.1, 0.15) is 26.2 Å². The number of nitrogens with two attached hydrogens (primary N) is 1. The van der Waals surface area contributed by atoms with E-state index in [1.165, 1.54) is 0 Å². The Morgan fingerprint density at radius 1 is 1.39 bits per heavy atom. The molecule has 0 bridgehead atoms. The number of carbonyl (C=O) groups is 2. The second kappa shape index (κ2) is 7.16. The van der Waals surface area contributed by atoms with Gasteiger partial charge in [-0.1, -0.05) is 6.58 Å². The predicted octanol–water partition coefficient (Wildman–Crippen LogP) is 0.693. The Balaban J connectivity index is 2.21. The van der Waals surface area contributed by atoms with Gasteiger partial charge in [0.2, 0.25) is 5.91 Å². The summed E-state index contributed by atoms with van der Waals surface area (Å²) in [6, 6.07) is 0. The molecule has 2 N–H and O–H groups in total. The number of hydrogen-bond acceptors (Lipinski definition) is 4. The summed E-state index contributed by atoms with van der Waals surface area (Å²) in [5.74, 6) is 0.139. The highest BCUT2D eigenvalue weighted by atomic mass is 16.5. The van der Waals surface area contributed by atoms with Crippen LogP contribution in [0.4, 0.5) is 0 Å². The van der Waals surface area contributed by atoms with Crippen molar-refractivity contribution in [3.05, 3.63) is 12.2 Å². The van der Waals surface area contributed by atoms with Crippen molar-refractivity contribution in [2.24, 2.45) is 11.7 Å². The fraction of sp³-hybridized carbons (Fsp3) is 0.692. The molecule has 5 heteroatoms. The zero-order valence-corrected chi connectivity index (χ0v) is 11.0. The van der Waals surface area contributed by atoms with Crippen LogP contribution in [0.25, 0.3) is 0 Å². The molecule has 1 heterocycles. The van der Waals surface area contributed by atoms with E-state index in [1.807, 2.05) is 4.90 Å². The van der Waals surface area contributed by atoms with Crippen molar-refractivity contribution < 1.29 is 14.3 Å². The molecular weight excluding hydrogens is 232 g/mol. The van der Waals surface area contributed by atoms with Crippen molar-refractivity contribution >= 4 is 11.9 Å². The van der Waals surface area contributed by atoms with Gasteiger partial charge in [0.15, 0.2) is 0 Å². The monoisotopic (exact) mass is 254 g/mol. The normalized spacial score (nSPS) is 16.4. The van der Waals surface area contributed by atoms with Crippen molar-refractivity contribution in [2.75, 3.05) is 26.2 Å². The van der Waals surface area contributed by atoms with Gasteiger partial charge in [0.05, 0.1) is 6.42 Å². The Kier molecular flexibility index (Phi) is 5.85. The Labute approximate surface area is 108 Å². The lowest BCUT2D eigenvalue weighted by Gasteiger charge is -2.31. The summed E-state index contributed by atoms with van der Waals surface area (Å²) in [7, 11) is 0. The summed E-state index contributed by atoms with van der Waals surface area (Å²) < 4.78 is 4.90. The lowest BCUT2D eigenvalue weighted by molar-refractivity contribution is -0.141. The molecule has 0 aromatic rings. The highest BCUT2D eigenvalue weighted by Crippen LogP contribution is 2.16. The minimum Gasteiger partial charge on any atom is -0.462 e. The van der Waals surface area contributed by atoms with Crippen molar-refractivity contribution in [3.63, 3.8) is 0 Å². The van der Waals surface area contributed by atoms with E-state index in [-0.39, 0.29) is 18.9 Å². The Hall–Kier alpha value is -1.36. The molecule has 0 aromatic heterocycles. The number of ether oxygens (including phenoxy) is 1. The standard InChI is InChI=1S/C13H22N2O3/c1-10(2)13(17)18-8-5-12(16)15-6-3-11(9-14)4-7-15/h11H,1,3-9,14H2,2H3. The Morgan fingerprint density at radius 3 is 2.50 bits per heavy atom. The average Bonchev–Trinajstić information content (AvgIpc) is 2.38. The Bertz CT molecular complexity index is 320. The first-order valence-corrected chi connectivity index (χ1v) is 6.35. The van der Waals surface area contributed by atoms with Crippen LogP contribution in [0.3, 0.4) is 0 Å². The molecule has 0 unspecified atom stereocenters. The van der Waals surface area contributed by atoms with Crippen molar-refractivity contribution in [1.29, 1.82) is 0 Å². The number of piperidine rings is 1. The van der Waals surface area contributed by atoms with E-state index in [0.29, 0.717) is 18.0 Å². The molecule has 0 aliphatic carbocycles. The molecule has 1 rings (SSSR count). The number of rotatable bonds is 5. The van der Waals surface area contributed by atoms with Gasteiger partial charge in [-0.3, -0.25) is 4.79 Å². The lowest BCUT2D eigenvalue weighted by atomic mass is 9.97. The number of nitrogens with zero attached hydrogens (tertiary/aromatic N) is 1. The topological polar surface area (TPSA) is 72.6 Å². The third-order valence-electron chi connectivity index (χ3n) is 3.20. The minimum absolute atomic E-state index is 0.0417. The fourth-order valence-corrected chi connectivity index (χ4v) is 1.93. The third kappa shape index (κ3) is 4.49. The zero-order valence-electron chi connectivity index (χ0n) is 11.0. The molecule has 0 spiro atoms. The summed E-state index contributed by atoms with van der Waals surface area (Å²) >= 11 is 0. The minimum atomic E-state index is -0.440. The van der Waals surface area contributed by atoms with Gasteiger partial charge in [-0.15, -0.1) is 0 Å². The van der Waals surface area contributed by atoms with Crippen LogP contribution >= 0.6 is 0 Å². The molecule has 1 fully saturated rings. The lowest BCUT2D eigenvalue weighted by Crippen LogP contribution is -2.40. The summed E-state index contributed by atoms with van der Waals surface area (Å²) in [5, 5.41) is 0. The molecule has 0 atom stereocenters. The smallest absolute Gasteiger partial charge is 0.333 e. The predicted molar refractivity (Wildman–Crippen MR) is 68.7 cm³/mol. The number of carbonyl (C=O) groups excluding carboxylic acids is 2. The molecular formula is C13H22N2O3. The van der Waals surface area contributed by atoms with Crippen LogP contribution in [0.15, 0.2) is 12.2 Å². The average molecular weight is 254 g/mol. The van der Waals surface area contributed by atoms with Crippen molar-refractivity contribution in [3.8, 4) is 0 Å². The molecule has 18 heavy (non-hydrogen) atoms. The fourth-order valence-electron chi connectivity index (χ4n) is 1.93.